The van der Waals surface area contributed by atoms with Crippen LogP contribution in [-0.4, -0.2) is 18.2 Å². The zero-order chi connectivity index (χ0) is 12.0. The fourth-order valence-electron chi connectivity index (χ4n) is 1.78. The second kappa shape index (κ2) is 6.54. The molecule has 1 aromatic carbocycles. The lowest BCUT2D eigenvalue weighted by molar-refractivity contribution is 0.199. The lowest BCUT2D eigenvalue weighted by Gasteiger charge is -2.23. The standard InChI is InChI=1S/C14H23NO/c1-4-6-11-15(5-2)14-9-7-13(8-10-14)12(3)16/h7-10,12,16H,4-6,11H2,1-3H3/t12-/m1/s1. The first-order chi connectivity index (χ1) is 7.69. The molecule has 0 amide bonds. The van der Waals surface area contributed by atoms with Gasteiger partial charge in [0, 0.05) is 18.8 Å². The van der Waals surface area contributed by atoms with Crippen LogP contribution in [0.1, 0.15) is 45.3 Å². The molecule has 0 aliphatic rings. The molecule has 0 aromatic heterocycles. The van der Waals surface area contributed by atoms with Crippen molar-refractivity contribution in [3.63, 3.8) is 0 Å². The van der Waals surface area contributed by atoms with Crippen LogP contribution in [0.3, 0.4) is 0 Å². The van der Waals surface area contributed by atoms with Crippen LogP contribution in [-0.2, 0) is 0 Å². The Bertz CT molecular complexity index is 292. The Hall–Kier alpha value is -1.02. The number of hydrogen-bond acceptors (Lipinski definition) is 2. The van der Waals surface area contributed by atoms with Gasteiger partial charge in [0.05, 0.1) is 6.10 Å². The summed E-state index contributed by atoms with van der Waals surface area (Å²) in [5, 5.41) is 9.44. The Balaban J connectivity index is 2.70. The van der Waals surface area contributed by atoms with Crippen molar-refractivity contribution in [1.29, 1.82) is 0 Å². The maximum Gasteiger partial charge on any atom is 0.0761 e. The van der Waals surface area contributed by atoms with Gasteiger partial charge >= 0.3 is 0 Å². The topological polar surface area (TPSA) is 23.5 Å². The first-order valence-electron chi connectivity index (χ1n) is 6.22. The molecular weight excluding hydrogens is 198 g/mol. The van der Waals surface area contributed by atoms with Gasteiger partial charge in [0.25, 0.3) is 0 Å². The predicted molar refractivity (Wildman–Crippen MR) is 69.9 cm³/mol. The van der Waals surface area contributed by atoms with Gasteiger partial charge in [-0.2, -0.15) is 0 Å². The van der Waals surface area contributed by atoms with E-state index in [9.17, 15) is 5.11 Å². The number of anilines is 1. The average Bonchev–Trinajstić information content (AvgIpc) is 2.30. The van der Waals surface area contributed by atoms with Crippen molar-refractivity contribution in [2.24, 2.45) is 0 Å². The van der Waals surface area contributed by atoms with E-state index in [1.807, 2.05) is 12.1 Å². The number of nitrogens with zero attached hydrogens (tertiary/aromatic N) is 1. The van der Waals surface area contributed by atoms with Crippen molar-refractivity contribution in [2.45, 2.75) is 39.7 Å². The van der Waals surface area contributed by atoms with Gasteiger partial charge in [-0.3, -0.25) is 0 Å². The molecule has 90 valence electrons. The van der Waals surface area contributed by atoms with E-state index in [0.717, 1.165) is 18.7 Å². The van der Waals surface area contributed by atoms with Gasteiger partial charge in [-0.05, 0) is 38.0 Å². The molecule has 0 spiro atoms. The van der Waals surface area contributed by atoms with Gasteiger partial charge in [0.15, 0.2) is 0 Å². The zero-order valence-electron chi connectivity index (χ0n) is 10.6. The second-order valence-corrected chi connectivity index (χ2v) is 4.20. The number of aliphatic hydroxyl groups is 1. The minimum Gasteiger partial charge on any atom is -0.389 e. The van der Waals surface area contributed by atoms with Gasteiger partial charge in [0.1, 0.15) is 0 Å². The molecule has 0 saturated heterocycles. The van der Waals surface area contributed by atoms with Crippen molar-refractivity contribution in [3.05, 3.63) is 29.8 Å². The van der Waals surface area contributed by atoms with Gasteiger partial charge in [0.2, 0.25) is 0 Å². The molecule has 1 N–H and O–H groups in total. The minimum absolute atomic E-state index is 0.375. The third-order valence-electron chi connectivity index (χ3n) is 2.90. The highest BCUT2D eigenvalue weighted by molar-refractivity contribution is 5.47. The highest BCUT2D eigenvalue weighted by atomic mass is 16.3. The van der Waals surface area contributed by atoms with Crippen molar-refractivity contribution < 1.29 is 5.11 Å². The summed E-state index contributed by atoms with van der Waals surface area (Å²) < 4.78 is 0. The molecule has 2 nitrogen and oxygen atoms in total. The Morgan fingerprint density at radius 1 is 1.19 bits per heavy atom. The summed E-state index contributed by atoms with van der Waals surface area (Å²) in [6.45, 7) is 8.33. The van der Waals surface area contributed by atoms with Crippen molar-refractivity contribution >= 4 is 5.69 Å². The molecule has 0 heterocycles. The third-order valence-corrected chi connectivity index (χ3v) is 2.90. The highest BCUT2D eigenvalue weighted by Gasteiger charge is 2.05. The first-order valence-corrected chi connectivity index (χ1v) is 6.22. The van der Waals surface area contributed by atoms with Crippen molar-refractivity contribution in [1.82, 2.24) is 0 Å². The Morgan fingerprint density at radius 3 is 2.25 bits per heavy atom. The van der Waals surface area contributed by atoms with Crippen LogP contribution in [0.4, 0.5) is 5.69 Å². The molecule has 1 atom stereocenters. The summed E-state index contributed by atoms with van der Waals surface area (Å²) in [4.78, 5) is 2.37. The molecule has 0 aliphatic carbocycles. The van der Waals surface area contributed by atoms with Crippen molar-refractivity contribution in [2.75, 3.05) is 18.0 Å². The van der Waals surface area contributed by atoms with E-state index in [0.29, 0.717) is 0 Å². The lowest BCUT2D eigenvalue weighted by atomic mass is 10.1. The molecule has 1 rings (SSSR count). The van der Waals surface area contributed by atoms with E-state index < -0.39 is 0 Å². The van der Waals surface area contributed by atoms with Crippen LogP contribution in [0.15, 0.2) is 24.3 Å². The third kappa shape index (κ3) is 3.53. The van der Waals surface area contributed by atoms with Gasteiger partial charge in [-0.1, -0.05) is 25.5 Å². The Labute approximate surface area is 98.9 Å². The smallest absolute Gasteiger partial charge is 0.0761 e. The number of benzene rings is 1. The molecule has 0 unspecified atom stereocenters. The second-order valence-electron chi connectivity index (χ2n) is 4.20. The van der Waals surface area contributed by atoms with Gasteiger partial charge in [-0.25, -0.2) is 0 Å². The van der Waals surface area contributed by atoms with Gasteiger partial charge in [-0.15, -0.1) is 0 Å². The molecule has 0 bridgehead atoms. The maximum absolute atomic E-state index is 9.44. The molecule has 16 heavy (non-hydrogen) atoms. The fourth-order valence-corrected chi connectivity index (χ4v) is 1.78. The first kappa shape index (κ1) is 13.0. The number of aliphatic hydroxyl groups excluding tert-OH is 1. The molecule has 1 aromatic rings. The van der Waals surface area contributed by atoms with Crippen LogP contribution in [0.5, 0.6) is 0 Å². The van der Waals surface area contributed by atoms with Crippen LogP contribution < -0.4 is 4.90 Å². The molecule has 0 fully saturated rings. The number of rotatable bonds is 6. The summed E-state index contributed by atoms with van der Waals surface area (Å²) in [6.07, 6.45) is 2.08. The van der Waals surface area contributed by atoms with E-state index in [1.165, 1.54) is 18.5 Å². The summed E-state index contributed by atoms with van der Waals surface area (Å²) >= 11 is 0. The molecule has 0 aliphatic heterocycles. The highest BCUT2D eigenvalue weighted by Crippen LogP contribution is 2.19. The molecule has 0 saturated carbocycles. The van der Waals surface area contributed by atoms with E-state index in [-0.39, 0.29) is 6.10 Å². The molecule has 0 radical (unpaired) electrons. The Morgan fingerprint density at radius 2 is 1.81 bits per heavy atom. The zero-order valence-corrected chi connectivity index (χ0v) is 10.6. The van der Waals surface area contributed by atoms with Crippen LogP contribution in [0.25, 0.3) is 0 Å². The molecular formula is C14H23NO. The van der Waals surface area contributed by atoms with Crippen LogP contribution in [0, 0.1) is 0 Å². The lowest BCUT2D eigenvalue weighted by Crippen LogP contribution is -2.23. The van der Waals surface area contributed by atoms with E-state index in [2.05, 4.69) is 30.9 Å². The monoisotopic (exact) mass is 221 g/mol. The average molecular weight is 221 g/mol. The predicted octanol–water partition coefficient (Wildman–Crippen LogP) is 3.37. The van der Waals surface area contributed by atoms with Crippen LogP contribution in [0.2, 0.25) is 0 Å². The number of hydrogen-bond donors (Lipinski definition) is 1. The van der Waals surface area contributed by atoms with E-state index >= 15 is 0 Å². The quantitative estimate of drug-likeness (QED) is 0.796. The van der Waals surface area contributed by atoms with Crippen LogP contribution >= 0.6 is 0 Å². The minimum atomic E-state index is -0.375. The molecule has 2 heteroatoms. The normalized spacial score (nSPS) is 12.5. The largest absolute Gasteiger partial charge is 0.389 e. The SMILES string of the molecule is CCCCN(CC)c1ccc([C@@H](C)O)cc1. The van der Waals surface area contributed by atoms with E-state index in [1.54, 1.807) is 6.92 Å². The number of unbranched alkanes of at least 4 members (excludes halogenated alkanes) is 1. The summed E-state index contributed by atoms with van der Waals surface area (Å²) in [6, 6.07) is 8.21. The maximum atomic E-state index is 9.44. The summed E-state index contributed by atoms with van der Waals surface area (Å²) in [5.41, 5.74) is 2.23. The van der Waals surface area contributed by atoms with E-state index in [4.69, 9.17) is 0 Å². The van der Waals surface area contributed by atoms with Crippen molar-refractivity contribution in [3.8, 4) is 0 Å². The Kier molecular flexibility index (Phi) is 5.33. The summed E-state index contributed by atoms with van der Waals surface area (Å²) in [5.74, 6) is 0. The fraction of sp³-hybridized carbons (Fsp3) is 0.571. The van der Waals surface area contributed by atoms with Gasteiger partial charge < -0.3 is 10.0 Å². The summed E-state index contributed by atoms with van der Waals surface area (Å²) in [7, 11) is 0.